The Bertz CT molecular complexity index is 421. The summed E-state index contributed by atoms with van der Waals surface area (Å²) in [5, 5.41) is 11.6. The van der Waals surface area contributed by atoms with Crippen molar-refractivity contribution in [1.29, 1.82) is 0 Å². The molecule has 0 saturated heterocycles. The quantitative estimate of drug-likeness (QED) is 0.659. The van der Waals surface area contributed by atoms with E-state index in [0.717, 1.165) is 0 Å². The minimum absolute atomic E-state index is 0.191. The van der Waals surface area contributed by atoms with Crippen LogP contribution in [0.3, 0.4) is 0 Å². The van der Waals surface area contributed by atoms with Gasteiger partial charge in [-0.25, -0.2) is 4.79 Å². The second-order valence-corrected chi connectivity index (χ2v) is 4.00. The van der Waals surface area contributed by atoms with Crippen molar-refractivity contribution in [3.8, 4) is 0 Å². The van der Waals surface area contributed by atoms with Crippen LogP contribution in [-0.2, 0) is 19.1 Å². The summed E-state index contributed by atoms with van der Waals surface area (Å²) in [7, 11) is 0. The van der Waals surface area contributed by atoms with Crippen LogP contribution in [0.25, 0.3) is 0 Å². The first kappa shape index (κ1) is 16.1. The minimum atomic E-state index is -1.11. The standard InChI is InChI=1S/C14H19NO5/c1-2-19-8-9-20-10-12(16)15-13(14(17)18)11-6-4-3-5-7-11/h3-7,13H,2,8-10H2,1H3,(H,15,16)(H,17,18)/t13-/m0/s1. The number of benzene rings is 1. The highest BCUT2D eigenvalue weighted by Crippen LogP contribution is 2.12. The smallest absolute Gasteiger partial charge is 0.330 e. The van der Waals surface area contributed by atoms with E-state index in [9.17, 15) is 9.59 Å². The normalized spacial score (nSPS) is 11.8. The average molecular weight is 281 g/mol. The summed E-state index contributed by atoms with van der Waals surface area (Å²) in [6.07, 6.45) is 0. The molecule has 2 N–H and O–H groups in total. The molecule has 0 bridgehead atoms. The van der Waals surface area contributed by atoms with Crippen molar-refractivity contribution in [1.82, 2.24) is 5.32 Å². The molecule has 0 aliphatic rings. The van der Waals surface area contributed by atoms with Gasteiger partial charge in [-0.1, -0.05) is 30.3 Å². The number of aliphatic carboxylic acids is 1. The summed E-state index contributed by atoms with van der Waals surface area (Å²) in [5.74, 6) is -1.59. The van der Waals surface area contributed by atoms with Crippen molar-refractivity contribution < 1.29 is 24.2 Å². The Labute approximate surface area is 117 Å². The Morgan fingerprint density at radius 3 is 2.45 bits per heavy atom. The Morgan fingerprint density at radius 2 is 1.85 bits per heavy atom. The van der Waals surface area contributed by atoms with Crippen LogP contribution < -0.4 is 5.32 Å². The number of carboxylic acid groups (broad SMARTS) is 1. The third-order valence-electron chi connectivity index (χ3n) is 2.49. The van der Waals surface area contributed by atoms with Crippen molar-refractivity contribution in [2.45, 2.75) is 13.0 Å². The van der Waals surface area contributed by atoms with Crippen molar-refractivity contribution >= 4 is 11.9 Å². The lowest BCUT2D eigenvalue weighted by Crippen LogP contribution is -2.36. The molecular weight excluding hydrogens is 262 g/mol. The van der Waals surface area contributed by atoms with Crippen LogP contribution in [0.1, 0.15) is 18.5 Å². The maximum atomic E-state index is 11.6. The molecule has 1 rings (SSSR count). The molecule has 0 aliphatic heterocycles. The predicted octanol–water partition coefficient (Wildman–Crippen LogP) is 0.982. The number of nitrogens with one attached hydrogen (secondary N) is 1. The van der Waals surface area contributed by atoms with Gasteiger partial charge in [-0.2, -0.15) is 0 Å². The molecule has 1 aromatic carbocycles. The van der Waals surface area contributed by atoms with Gasteiger partial charge in [0.05, 0.1) is 13.2 Å². The zero-order chi connectivity index (χ0) is 14.8. The molecule has 0 heterocycles. The number of carbonyl (C=O) groups excluding carboxylic acids is 1. The molecule has 6 heteroatoms. The van der Waals surface area contributed by atoms with Gasteiger partial charge < -0.3 is 19.9 Å². The Morgan fingerprint density at radius 1 is 1.20 bits per heavy atom. The highest BCUT2D eigenvalue weighted by Gasteiger charge is 2.21. The van der Waals surface area contributed by atoms with Gasteiger partial charge in [0.1, 0.15) is 6.61 Å². The molecular formula is C14H19NO5. The zero-order valence-corrected chi connectivity index (χ0v) is 11.4. The second kappa shape index (κ2) is 9.06. The van der Waals surface area contributed by atoms with Crippen molar-refractivity contribution in [2.75, 3.05) is 26.4 Å². The van der Waals surface area contributed by atoms with Crippen LogP contribution in [0, 0.1) is 0 Å². The van der Waals surface area contributed by atoms with Crippen LogP contribution >= 0.6 is 0 Å². The molecule has 0 aromatic heterocycles. The summed E-state index contributed by atoms with van der Waals surface area (Å²) < 4.78 is 10.1. The van der Waals surface area contributed by atoms with Gasteiger partial charge in [-0.05, 0) is 12.5 Å². The molecule has 1 amide bonds. The lowest BCUT2D eigenvalue weighted by molar-refractivity contribution is -0.142. The second-order valence-electron chi connectivity index (χ2n) is 4.00. The van der Waals surface area contributed by atoms with Crippen molar-refractivity contribution in [3.05, 3.63) is 35.9 Å². The lowest BCUT2D eigenvalue weighted by Gasteiger charge is -2.14. The van der Waals surface area contributed by atoms with Gasteiger partial charge in [0, 0.05) is 6.61 Å². The van der Waals surface area contributed by atoms with Gasteiger partial charge in [0.25, 0.3) is 0 Å². The van der Waals surface area contributed by atoms with E-state index >= 15 is 0 Å². The fourth-order valence-electron chi connectivity index (χ4n) is 1.56. The van der Waals surface area contributed by atoms with E-state index in [2.05, 4.69) is 5.32 Å². The number of hydrogen-bond acceptors (Lipinski definition) is 4. The number of rotatable bonds is 9. The topological polar surface area (TPSA) is 84.9 Å². The van der Waals surface area contributed by atoms with Gasteiger partial charge in [0.15, 0.2) is 6.04 Å². The minimum Gasteiger partial charge on any atom is -0.479 e. The highest BCUT2D eigenvalue weighted by atomic mass is 16.5. The van der Waals surface area contributed by atoms with Gasteiger partial charge in [0.2, 0.25) is 5.91 Å². The van der Waals surface area contributed by atoms with E-state index < -0.39 is 17.9 Å². The molecule has 0 radical (unpaired) electrons. The number of carbonyl (C=O) groups is 2. The summed E-state index contributed by atoms with van der Waals surface area (Å²) in [5.41, 5.74) is 0.516. The monoisotopic (exact) mass is 281 g/mol. The zero-order valence-electron chi connectivity index (χ0n) is 11.4. The summed E-state index contributed by atoms with van der Waals surface area (Å²) in [6, 6.07) is 7.44. The van der Waals surface area contributed by atoms with E-state index in [-0.39, 0.29) is 6.61 Å². The first-order chi connectivity index (χ1) is 9.65. The molecule has 1 aromatic rings. The van der Waals surface area contributed by atoms with E-state index in [0.29, 0.717) is 25.4 Å². The maximum Gasteiger partial charge on any atom is 0.330 e. The number of ether oxygens (including phenoxy) is 2. The summed E-state index contributed by atoms with van der Waals surface area (Å²) in [4.78, 5) is 22.8. The van der Waals surface area contributed by atoms with E-state index in [1.807, 2.05) is 6.92 Å². The number of carboxylic acids is 1. The molecule has 6 nitrogen and oxygen atoms in total. The first-order valence-electron chi connectivity index (χ1n) is 6.37. The lowest BCUT2D eigenvalue weighted by atomic mass is 10.1. The van der Waals surface area contributed by atoms with Crippen LogP contribution in [-0.4, -0.2) is 43.4 Å². The fraction of sp³-hybridized carbons (Fsp3) is 0.429. The van der Waals surface area contributed by atoms with E-state index in [1.165, 1.54) is 0 Å². The molecule has 0 aliphatic carbocycles. The first-order valence-corrected chi connectivity index (χ1v) is 6.37. The fourth-order valence-corrected chi connectivity index (χ4v) is 1.56. The molecule has 0 spiro atoms. The predicted molar refractivity (Wildman–Crippen MR) is 72.3 cm³/mol. The molecule has 0 fully saturated rings. The highest BCUT2D eigenvalue weighted by molar-refractivity contribution is 5.85. The average Bonchev–Trinajstić information content (AvgIpc) is 2.45. The Hall–Kier alpha value is -1.92. The number of hydrogen-bond donors (Lipinski definition) is 2. The van der Waals surface area contributed by atoms with Gasteiger partial charge in [-0.15, -0.1) is 0 Å². The molecule has 0 saturated carbocycles. The third-order valence-corrected chi connectivity index (χ3v) is 2.49. The summed E-state index contributed by atoms with van der Waals surface area (Å²) in [6.45, 7) is 2.97. The molecule has 110 valence electrons. The van der Waals surface area contributed by atoms with Gasteiger partial charge >= 0.3 is 5.97 Å². The largest absolute Gasteiger partial charge is 0.479 e. The van der Waals surface area contributed by atoms with Crippen LogP contribution in [0.2, 0.25) is 0 Å². The molecule has 1 atom stereocenters. The maximum absolute atomic E-state index is 11.6. The van der Waals surface area contributed by atoms with Crippen LogP contribution in [0.4, 0.5) is 0 Å². The Kier molecular flexibility index (Phi) is 7.31. The molecule has 20 heavy (non-hydrogen) atoms. The summed E-state index contributed by atoms with van der Waals surface area (Å²) >= 11 is 0. The van der Waals surface area contributed by atoms with Crippen molar-refractivity contribution in [2.24, 2.45) is 0 Å². The molecule has 0 unspecified atom stereocenters. The van der Waals surface area contributed by atoms with E-state index in [1.54, 1.807) is 30.3 Å². The number of amides is 1. The van der Waals surface area contributed by atoms with Gasteiger partial charge in [-0.3, -0.25) is 4.79 Å². The van der Waals surface area contributed by atoms with Crippen LogP contribution in [0.15, 0.2) is 30.3 Å². The van der Waals surface area contributed by atoms with E-state index in [4.69, 9.17) is 14.6 Å². The van der Waals surface area contributed by atoms with Crippen molar-refractivity contribution in [3.63, 3.8) is 0 Å². The third kappa shape index (κ3) is 5.81. The Balaban J connectivity index is 2.43. The SMILES string of the molecule is CCOCCOCC(=O)N[C@H](C(=O)O)c1ccccc1. The van der Waals surface area contributed by atoms with Crippen LogP contribution in [0.5, 0.6) is 0 Å².